The van der Waals surface area contributed by atoms with Crippen LogP contribution in [0, 0.1) is 12.8 Å². The molecule has 0 aliphatic rings. The van der Waals surface area contributed by atoms with Gasteiger partial charge in [-0.3, -0.25) is 0 Å². The van der Waals surface area contributed by atoms with Crippen LogP contribution in [0.25, 0.3) is 0 Å². The maximum Gasteiger partial charge on any atom is 0.0181 e. The van der Waals surface area contributed by atoms with Crippen molar-refractivity contribution in [2.45, 2.75) is 38.9 Å². The van der Waals surface area contributed by atoms with Crippen LogP contribution in [-0.4, -0.2) is 6.26 Å². The van der Waals surface area contributed by atoms with E-state index in [1.807, 2.05) is 11.8 Å². The largest absolute Gasteiger partial charge is 0.161 e. The van der Waals surface area contributed by atoms with E-state index in [2.05, 4.69) is 68.6 Å². The Kier molecular flexibility index (Phi) is 6.38. The van der Waals surface area contributed by atoms with Crippen molar-refractivity contribution < 1.29 is 0 Å². The predicted octanol–water partition coefficient (Wildman–Crippen LogP) is 5.67. The highest BCUT2D eigenvalue weighted by atomic mass is 32.2. The molecule has 2 rings (SSSR count). The maximum absolute atomic E-state index is 2.37. The van der Waals surface area contributed by atoms with E-state index in [0.29, 0.717) is 0 Å². The quantitative estimate of drug-likeness (QED) is 0.634. The normalized spacial score (nSPS) is 12.3. The van der Waals surface area contributed by atoms with E-state index in [9.17, 15) is 0 Å². The molecular formula is C20H26S. The number of thioether (sulfide) groups is 1. The van der Waals surface area contributed by atoms with Crippen molar-refractivity contribution in [1.82, 2.24) is 0 Å². The Morgan fingerprint density at radius 3 is 2.38 bits per heavy atom. The highest BCUT2D eigenvalue weighted by molar-refractivity contribution is 7.97. The van der Waals surface area contributed by atoms with Gasteiger partial charge in [0.05, 0.1) is 0 Å². The molecule has 112 valence electrons. The van der Waals surface area contributed by atoms with Gasteiger partial charge in [-0.15, -0.1) is 0 Å². The van der Waals surface area contributed by atoms with Gasteiger partial charge in [0.2, 0.25) is 0 Å². The third-order valence-electron chi connectivity index (χ3n) is 3.93. The molecule has 0 aromatic heterocycles. The Bertz CT molecular complexity index is 542. The highest BCUT2D eigenvalue weighted by Gasteiger charge is 2.05. The molecule has 0 bridgehead atoms. The number of hydrogen-bond acceptors (Lipinski definition) is 1. The van der Waals surface area contributed by atoms with Crippen LogP contribution in [-0.2, 0) is 18.6 Å². The first-order valence-corrected chi connectivity index (χ1v) is 9.19. The molecule has 1 heteroatoms. The van der Waals surface area contributed by atoms with Crippen molar-refractivity contribution in [3.8, 4) is 0 Å². The molecule has 0 spiro atoms. The van der Waals surface area contributed by atoms with Gasteiger partial charge in [0.25, 0.3) is 0 Å². The van der Waals surface area contributed by atoms with Gasteiger partial charge in [0, 0.05) is 5.75 Å². The Morgan fingerprint density at radius 1 is 0.952 bits per heavy atom. The molecular weight excluding hydrogens is 272 g/mol. The molecule has 0 heterocycles. The van der Waals surface area contributed by atoms with Crippen LogP contribution in [0.1, 0.15) is 35.6 Å². The Labute approximate surface area is 134 Å². The van der Waals surface area contributed by atoms with Crippen LogP contribution in [0.2, 0.25) is 0 Å². The predicted molar refractivity (Wildman–Crippen MR) is 96.0 cm³/mol. The smallest absolute Gasteiger partial charge is 0.0181 e. The van der Waals surface area contributed by atoms with Gasteiger partial charge in [0.15, 0.2) is 0 Å². The Balaban J connectivity index is 1.84. The van der Waals surface area contributed by atoms with Crippen molar-refractivity contribution in [2.75, 3.05) is 6.26 Å². The van der Waals surface area contributed by atoms with Gasteiger partial charge in [-0.25, -0.2) is 0 Å². The minimum Gasteiger partial charge on any atom is -0.161 e. The summed E-state index contributed by atoms with van der Waals surface area (Å²) in [6.07, 6.45) is 5.80. The summed E-state index contributed by atoms with van der Waals surface area (Å²) >= 11 is 1.89. The molecule has 2 aromatic carbocycles. The molecule has 0 radical (unpaired) electrons. The van der Waals surface area contributed by atoms with Crippen molar-refractivity contribution >= 4 is 11.8 Å². The van der Waals surface area contributed by atoms with Crippen molar-refractivity contribution in [2.24, 2.45) is 5.92 Å². The average molecular weight is 298 g/mol. The lowest BCUT2D eigenvalue weighted by atomic mass is 9.94. The van der Waals surface area contributed by atoms with E-state index in [0.717, 1.165) is 11.7 Å². The molecule has 0 aliphatic heterocycles. The van der Waals surface area contributed by atoms with Gasteiger partial charge in [-0.2, -0.15) is 11.8 Å². The summed E-state index contributed by atoms with van der Waals surface area (Å²) in [6.45, 7) is 4.51. The summed E-state index contributed by atoms with van der Waals surface area (Å²) in [6, 6.07) is 18.0. The first kappa shape index (κ1) is 16.2. The Hall–Kier alpha value is -1.21. The standard InChI is InChI=1S/C20H26S/c1-16-7-10-19(11-8-16)13-17(2)9-12-18-5-4-6-20(14-18)15-21-3/h4-8,10-11,14,17H,9,12-13,15H2,1-3H3. The fraction of sp³-hybridized carbons (Fsp3) is 0.400. The summed E-state index contributed by atoms with van der Waals surface area (Å²) < 4.78 is 0. The Morgan fingerprint density at radius 2 is 1.67 bits per heavy atom. The molecule has 1 unspecified atom stereocenters. The second-order valence-corrected chi connectivity index (χ2v) is 6.95. The van der Waals surface area contributed by atoms with Gasteiger partial charge < -0.3 is 0 Å². The zero-order valence-electron chi connectivity index (χ0n) is 13.4. The van der Waals surface area contributed by atoms with Gasteiger partial charge in [-0.05, 0) is 55.1 Å². The fourth-order valence-corrected chi connectivity index (χ4v) is 3.20. The van der Waals surface area contributed by atoms with Crippen molar-refractivity contribution in [1.29, 1.82) is 0 Å². The lowest BCUT2D eigenvalue weighted by Crippen LogP contribution is -2.02. The summed E-state index contributed by atoms with van der Waals surface area (Å²) in [5.74, 6) is 1.85. The molecule has 0 saturated carbocycles. The highest BCUT2D eigenvalue weighted by Crippen LogP contribution is 2.17. The minimum absolute atomic E-state index is 0.733. The van der Waals surface area contributed by atoms with Crippen LogP contribution in [0.3, 0.4) is 0 Å². The second-order valence-electron chi connectivity index (χ2n) is 6.09. The van der Waals surface area contributed by atoms with Crippen LogP contribution in [0.4, 0.5) is 0 Å². The zero-order chi connectivity index (χ0) is 15.1. The zero-order valence-corrected chi connectivity index (χ0v) is 14.2. The fourth-order valence-electron chi connectivity index (χ4n) is 2.68. The first-order valence-electron chi connectivity index (χ1n) is 7.79. The van der Waals surface area contributed by atoms with Crippen LogP contribution >= 0.6 is 11.8 Å². The molecule has 2 aromatic rings. The van der Waals surface area contributed by atoms with Gasteiger partial charge >= 0.3 is 0 Å². The molecule has 0 N–H and O–H groups in total. The third kappa shape index (κ3) is 5.59. The van der Waals surface area contributed by atoms with Crippen LogP contribution < -0.4 is 0 Å². The molecule has 0 saturated heterocycles. The van der Waals surface area contributed by atoms with Crippen molar-refractivity contribution in [3.05, 3.63) is 70.8 Å². The van der Waals surface area contributed by atoms with E-state index < -0.39 is 0 Å². The molecule has 0 fully saturated rings. The molecule has 1 atom stereocenters. The number of rotatable bonds is 7. The van der Waals surface area contributed by atoms with E-state index in [4.69, 9.17) is 0 Å². The molecule has 0 aliphatic carbocycles. The maximum atomic E-state index is 2.37. The van der Waals surface area contributed by atoms with E-state index in [1.165, 1.54) is 41.5 Å². The number of benzene rings is 2. The molecule has 21 heavy (non-hydrogen) atoms. The van der Waals surface area contributed by atoms with Crippen LogP contribution in [0.5, 0.6) is 0 Å². The minimum atomic E-state index is 0.733. The van der Waals surface area contributed by atoms with Gasteiger partial charge in [0.1, 0.15) is 0 Å². The van der Waals surface area contributed by atoms with E-state index in [-0.39, 0.29) is 0 Å². The number of hydrogen-bond donors (Lipinski definition) is 0. The lowest BCUT2D eigenvalue weighted by molar-refractivity contribution is 0.530. The lowest BCUT2D eigenvalue weighted by Gasteiger charge is -2.12. The van der Waals surface area contributed by atoms with Crippen LogP contribution in [0.15, 0.2) is 48.5 Å². The van der Waals surface area contributed by atoms with Gasteiger partial charge in [-0.1, -0.05) is 61.0 Å². The topological polar surface area (TPSA) is 0 Å². The summed E-state index contributed by atoms with van der Waals surface area (Å²) in [4.78, 5) is 0. The van der Waals surface area contributed by atoms with E-state index in [1.54, 1.807) is 0 Å². The average Bonchev–Trinajstić information content (AvgIpc) is 2.48. The molecule has 0 amide bonds. The first-order chi connectivity index (χ1) is 10.2. The molecule has 0 nitrogen and oxygen atoms in total. The van der Waals surface area contributed by atoms with Crippen molar-refractivity contribution in [3.63, 3.8) is 0 Å². The second kappa shape index (κ2) is 8.29. The SMILES string of the molecule is CSCc1cccc(CCC(C)Cc2ccc(C)cc2)c1. The summed E-state index contributed by atoms with van der Waals surface area (Å²) in [7, 11) is 0. The summed E-state index contributed by atoms with van der Waals surface area (Å²) in [5.41, 5.74) is 5.74. The monoisotopic (exact) mass is 298 g/mol. The summed E-state index contributed by atoms with van der Waals surface area (Å²) in [5, 5.41) is 0. The third-order valence-corrected chi connectivity index (χ3v) is 4.55. The number of aryl methyl sites for hydroxylation is 2. The van der Waals surface area contributed by atoms with E-state index >= 15 is 0 Å².